The van der Waals surface area contributed by atoms with E-state index >= 15 is 0 Å². The fraction of sp³-hybridized carbons (Fsp3) is 0.375. The molecule has 10 heteroatoms. The van der Waals surface area contributed by atoms with Gasteiger partial charge in [0, 0.05) is 11.4 Å². The molecule has 2 heterocycles. The average molecular weight is 375 g/mol. The molecular weight excluding hydrogens is 358 g/mol. The lowest BCUT2D eigenvalue weighted by Crippen LogP contribution is -2.32. The molecule has 26 heavy (non-hydrogen) atoms. The molecule has 0 spiro atoms. The van der Waals surface area contributed by atoms with Crippen molar-refractivity contribution in [3.05, 3.63) is 29.1 Å². The highest BCUT2D eigenvalue weighted by Gasteiger charge is 2.18. The number of carbonyl (C=O) groups excluding carboxylic acids is 1. The van der Waals surface area contributed by atoms with Crippen LogP contribution < -0.4 is 9.79 Å². The highest BCUT2D eigenvalue weighted by Crippen LogP contribution is 2.25. The zero-order chi connectivity index (χ0) is 19.1. The van der Waals surface area contributed by atoms with Gasteiger partial charge < -0.3 is 9.84 Å². The van der Waals surface area contributed by atoms with Crippen LogP contribution in [0.2, 0.25) is 0 Å². The molecule has 0 saturated carbocycles. The van der Waals surface area contributed by atoms with Gasteiger partial charge in [0.1, 0.15) is 11.1 Å². The van der Waals surface area contributed by atoms with Crippen molar-refractivity contribution < 1.29 is 23.8 Å². The Morgan fingerprint density at radius 3 is 2.92 bits per heavy atom. The smallest absolute Gasteiger partial charge is 0.339 e. The SMILES string of the molecule is CCOC(=O)c1cc(C)nc(SC/C([O-])=N\c2c[n+](CC)no2)c1C#N. The molecule has 0 N–H and O–H groups in total. The number of aromatic nitrogens is 3. The van der Waals surface area contributed by atoms with E-state index in [-0.39, 0.29) is 34.4 Å². The van der Waals surface area contributed by atoms with Crippen molar-refractivity contribution in [1.29, 1.82) is 5.26 Å². The van der Waals surface area contributed by atoms with Crippen LogP contribution in [0, 0.1) is 18.3 Å². The number of thioether (sulfide) groups is 1. The highest BCUT2D eigenvalue weighted by atomic mass is 32.2. The Hall–Kier alpha value is -2.93. The predicted molar refractivity (Wildman–Crippen MR) is 89.8 cm³/mol. The first-order chi connectivity index (χ1) is 12.5. The van der Waals surface area contributed by atoms with Crippen LogP contribution in [0.15, 0.2) is 26.8 Å². The number of esters is 1. The van der Waals surface area contributed by atoms with Gasteiger partial charge in [0.15, 0.2) is 6.54 Å². The molecule has 0 unspecified atom stereocenters. The number of hydrogen-bond donors (Lipinski definition) is 0. The van der Waals surface area contributed by atoms with E-state index in [1.807, 2.05) is 13.0 Å². The van der Waals surface area contributed by atoms with Gasteiger partial charge in [-0.2, -0.15) is 5.26 Å². The molecule has 0 aliphatic rings. The zero-order valence-electron chi connectivity index (χ0n) is 14.6. The monoisotopic (exact) mass is 375 g/mol. The minimum atomic E-state index is -0.599. The fourth-order valence-corrected chi connectivity index (χ4v) is 2.81. The standard InChI is InChI=1S/C16H17N5O4S/c1-4-21-8-14(25-20-21)19-13(22)9-26-15-12(7-17)11(6-10(3)18-15)16(23)24-5-2/h6,8H,4-5,9H2,1-3H3. The van der Waals surface area contributed by atoms with Crippen LogP contribution in [0.25, 0.3) is 0 Å². The number of nitriles is 1. The third-order valence-electron chi connectivity index (χ3n) is 3.11. The molecule has 2 aromatic heterocycles. The molecule has 136 valence electrons. The minimum absolute atomic E-state index is 0.0692. The second-order valence-electron chi connectivity index (χ2n) is 5.01. The van der Waals surface area contributed by atoms with E-state index in [9.17, 15) is 15.2 Å². The quantitative estimate of drug-likeness (QED) is 0.230. The Morgan fingerprint density at radius 2 is 2.31 bits per heavy atom. The molecule has 0 fully saturated rings. The molecule has 0 amide bonds. The molecule has 0 aromatic carbocycles. The van der Waals surface area contributed by atoms with Crippen molar-refractivity contribution in [3.63, 3.8) is 0 Å². The topological polar surface area (TPSA) is 128 Å². The summed E-state index contributed by atoms with van der Waals surface area (Å²) in [5.74, 6) is -1.04. The van der Waals surface area contributed by atoms with Crippen LogP contribution in [-0.4, -0.2) is 34.5 Å². The Labute approximate surface area is 154 Å². The van der Waals surface area contributed by atoms with Crippen LogP contribution in [0.5, 0.6) is 0 Å². The first-order valence-corrected chi connectivity index (χ1v) is 8.79. The summed E-state index contributed by atoms with van der Waals surface area (Å²) >= 11 is 1.02. The molecule has 0 radical (unpaired) electrons. The van der Waals surface area contributed by atoms with Crippen molar-refractivity contribution in [2.24, 2.45) is 4.99 Å². The number of pyridine rings is 1. The Kier molecular flexibility index (Phi) is 6.68. The summed E-state index contributed by atoms with van der Waals surface area (Å²) in [4.78, 5) is 20.1. The number of aliphatic imine (C=N–C) groups is 1. The van der Waals surface area contributed by atoms with Crippen LogP contribution in [-0.2, 0) is 11.3 Å². The van der Waals surface area contributed by atoms with Gasteiger partial charge in [0.2, 0.25) is 5.27 Å². The van der Waals surface area contributed by atoms with Crippen LogP contribution in [0.4, 0.5) is 5.88 Å². The van der Waals surface area contributed by atoms with Gasteiger partial charge in [-0.25, -0.2) is 14.8 Å². The Balaban J connectivity index is 2.20. The van der Waals surface area contributed by atoms with Crippen molar-refractivity contribution in [1.82, 2.24) is 10.3 Å². The molecule has 0 saturated heterocycles. The summed E-state index contributed by atoms with van der Waals surface area (Å²) in [5.41, 5.74) is 0.751. The molecule has 0 aliphatic heterocycles. The van der Waals surface area contributed by atoms with E-state index in [0.29, 0.717) is 12.2 Å². The summed E-state index contributed by atoms with van der Waals surface area (Å²) in [6.45, 7) is 6.03. The lowest BCUT2D eigenvalue weighted by Gasteiger charge is -2.11. The fourth-order valence-electron chi connectivity index (χ4n) is 1.98. The van der Waals surface area contributed by atoms with Crippen LogP contribution in [0.1, 0.15) is 35.5 Å². The van der Waals surface area contributed by atoms with Gasteiger partial charge in [-0.05, 0) is 32.7 Å². The summed E-state index contributed by atoms with van der Waals surface area (Å²) in [7, 11) is 0. The van der Waals surface area contributed by atoms with E-state index in [2.05, 4.69) is 15.2 Å². The largest absolute Gasteiger partial charge is 0.861 e. The van der Waals surface area contributed by atoms with Gasteiger partial charge in [0.25, 0.3) is 6.20 Å². The molecular formula is C16H17N5O4S. The van der Waals surface area contributed by atoms with Crippen molar-refractivity contribution in [2.75, 3.05) is 12.4 Å². The molecule has 0 bridgehead atoms. The number of rotatable bonds is 7. The third kappa shape index (κ3) is 4.80. The Morgan fingerprint density at radius 1 is 1.54 bits per heavy atom. The van der Waals surface area contributed by atoms with E-state index in [0.717, 1.165) is 11.8 Å². The van der Waals surface area contributed by atoms with Crippen molar-refractivity contribution in [3.8, 4) is 6.07 Å². The van der Waals surface area contributed by atoms with E-state index in [1.54, 1.807) is 13.8 Å². The number of carbonyl (C=O) groups is 1. The van der Waals surface area contributed by atoms with Gasteiger partial charge in [-0.15, -0.1) is 0 Å². The number of hydrogen-bond acceptors (Lipinski definition) is 9. The predicted octanol–water partition coefficient (Wildman–Crippen LogP) is 0.916. The maximum absolute atomic E-state index is 12.0. The van der Waals surface area contributed by atoms with Crippen molar-refractivity contribution >= 4 is 29.5 Å². The summed E-state index contributed by atoms with van der Waals surface area (Å²) in [6.07, 6.45) is 1.51. The molecule has 0 aliphatic carbocycles. The van der Waals surface area contributed by atoms with E-state index in [4.69, 9.17) is 9.26 Å². The van der Waals surface area contributed by atoms with Gasteiger partial charge in [-0.3, -0.25) is 4.52 Å². The maximum Gasteiger partial charge on any atom is 0.339 e. The average Bonchev–Trinajstić information content (AvgIpc) is 3.07. The van der Waals surface area contributed by atoms with Crippen molar-refractivity contribution in [2.45, 2.75) is 32.3 Å². The van der Waals surface area contributed by atoms with Gasteiger partial charge in [0.05, 0.1) is 17.7 Å². The number of aryl methyl sites for hydroxylation is 2. The summed E-state index contributed by atoms with van der Waals surface area (Å²) in [5, 5.41) is 25.3. The number of nitrogens with zero attached hydrogens (tertiary/aromatic N) is 5. The maximum atomic E-state index is 12.0. The molecule has 2 rings (SSSR count). The van der Waals surface area contributed by atoms with Gasteiger partial charge in [-0.1, -0.05) is 16.4 Å². The summed E-state index contributed by atoms with van der Waals surface area (Å²) in [6, 6.07) is 3.45. The van der Waals surface area contributed by atoms with Crippen LogP contribution in [0.3, 0.4) is 0 Å². The zero-order valence-corrected chi connectivity index (χ0v) is 15.4. The first kappa shape index (κ1) is 19.4. The van der Waals surface area contributed by atoms with E-state index in [1.165, 1.54) is 16.9 Å². The first-order valence-electron chi connectivity index (χ1n) is 7.81. The Bertz CT molecular complexity index is 872. The molecule has 9 nitrogen and oxygen atoms in total. The second-order valence-corrected chi connectivity index (χ2v) is 5.98. The number of ether oxygens (including phenoxy) is 1. The van der Waals surface area contributed by atoms with E-state index < -0.39 is 11.9 Å². The molecule has 2 aromatic rings. The molecule has 0 atom stereocenters. The minimum Gasteiger partial charge on any atom is -0.861 e. The lowest BCUT2D eigenvalue weighted by molar-refractivity contribution is -0.759. The lowest BCUT2D eigenvalue weighted by atomic mass is 10.1. The summed E-state index contributed by atoms with van der Waals surface area (Å²) < 4.78 is 11.4. The normalized spacial score (nSPS) is 11.2. The third-order valence-corrected chi connectivity index (χ3v) is 4.07. The second kappa shape index (κ2) is 8.96. The van der Waals surface area contributed by atoms with Crippen LogP contribution >= 0.6 is 11.8 Å². The van der Waals surface area contributed by atoms with Gasteiger partial charge >= 0.3 is 11.9 Å². The highest BCUT2D eigenvalue weighted by molar-refractivity contribution is 7.99.